The van der Waals surface area contributed by atoms with Crippen molar-refractivity contribution in [3.63, 3.8) is 0 Å². The highest BCUT2D eigenvalue weighted by molar-refractivity contribution is 8.00. The minimum absolute atomic E-state index is 0.0180. The highest BCUT2D eigenvalue weighted by Gasteiger charge is 2.70. The molecule has 0 radical (unpaired) electrons. The lowest BCUT2D eigenvalue weighted by atomic mass is 10.0. The molecule has 3 aliphatic heterocycles. The highest BCUT2D eigenvalue weighted by atomic mass is 32.2. The van der Waals surface area contributed by atoms with Gasteiger partial charge in [0.25, 0.3) is 17.4 Å². The molecule has 3 fully saturated rings. The number of carbonyl (C=O) groups is 7. The van der Waals surface area contributed by atoms with Gasteiger partial charge in [-0.3, -0.25) is 48.9 Å². The Hall–Kier alpha value is -6.16. The molecule has 1 aromatic carbocycles. The zero-order chi connectivity index (χ0) is 38.2. The molecular formula is C31H32N10O11S. The van der Waals surface area contributed by atoms with Crippen LogP contribution >= 0.6 is 11.8 Å². The number of fused-ring (bicyclic) bond motifs is 1. The van der Waals surface area contributed by atoms with Crippen molar-refractivity contribution in [3.05, 3.63) is 52.1 Å². The Bertz CT molecular complexity index is 2100. The van der Waals surface area contributed by atoms with E-state index < -0.39 is 82.7 Å². The second kappa shape index (κ2) is 14.5. The van der Waals surface area contributed by atoms with Crippen molar-refractivity contribution in [1.82, 2.24) is 40.4 Å². The van der Waals surface area contributed by atoms with Crippen LogP contribution < -0.4 is 27.2 Å². The molecule has 3 aliphatic rings. The molecule has 0 bridgehead atoms. The van der Waals surface area contributed by atoms with Crippen LogP contribution in [0.5, 0.6) is 0 Å². The number of hydrogen-bond donors (Lipinski definition) is 8. The number of nitrogens with two attached hydrogens (primary N) is 1. The molecule has 53 heavy (non-hydrogen) atoms. The number of amides is 3. The number of H-pyrrole nitrogens is 1. The molecule has 9 N–H and O–H groups in total. The van der Waals surface area contributed by atoms with E-state index in [0.717, 1.165) is 21.6 Å². The second-order valence-corrected chi connectivity index (χ2v) is 13.6. The van der Waals surface area contributed by atoms with E-state index in [4.69, 9.17) is 5.73 Å². The highest BCUT2D eigenvalue weighted by Crippen LogP contribution is 2.50. The molecule has 0 aliphatic carbocycles. The van der Waals surface area contributed by atoms with Crippen molar-refractivity contribution in [1.29, 1.82) is 0 Å². The number of aromatic amines is 1. The van der Waals surface area contributed by atoms with Crippen molar-refractivity contribution in [2.75, 3.05) is 16.8 Å². The predicted octanol–water partition coefficient (Wildman–Crippen LogP) is -1.48. The van der Waals surface area contributed by atoms with E-state index in [9.17, 15) is 53.7 Å². The van der Waals surface area contributed by atoms with E-state index in [2.05, 4.69) is 35.9 Å². The van der Waals surface area contributed by atoms with E-state index in [1.165, 1.54) is 18.3 Å². The first kappa shape index (κ1) is 36.6. The van der Waals surface area contributed by atoms with Crippen LogP contribution in [0.1, 0.15) is 48.2 Å². The lowest BCUT2D eigenvalue weighted by molar-refractivity contribution is -0.149. The van der Waals surface area contributed by atoms with Gasteiger partial charge in [-0.2, -0.15) is 4.98 Å². The fraction of sp³-hybridized carbons (Fsp3) is 0.387. The first-order chi connectivity index (χ1) is 25.2. The summed E-state index contributed by atoms with van der Waals surface area (Å²) in [6.45, 7) is 0.172. The van der Waals surface area contributed by atoms with Gasteiger partial charge in [0.15, 0.2) is 11.2 Å². The van der Waals surface area contributed by atoms with Gasteiger partial charge in [0.05, 0.1) is 30.9 Å². The lowest BCUT2D eigenvalue weighted by Gasteiger charge is -2.33. The zero-order valence-corrected chi connectivity index (χ0v) is 28.3. The second-order valence-electron chi connectivity index (χ2n) is 12.4. The zero-order valence-electron chi connectivity index (χ0n) is 27.5. The first-order valence-corrected chi connectivity index (χ1v) is 17.1. The van der Waals surface area contributed by atoms with E-state index in [0.29, 0.717) is 11.4 Å². The van der Waals surface area contributed by atoms with Gasteiger partial charge in [0, 0.05) is 29.8 Å². The van der Waals surface area contributed by atoms with Gasteiger partial charge in [-0.1, -0.05) is 11.8 Å². The number of carbonyl (C=O) groups excluding carboxylic acids is 4. The number of nitrogens with one attached hydrogen (secondary N) is 4. The quantitative estimate of drug-likeness (QED) is 0.0877. The standard InChI is InChI=1S/C31H32N10O11S/c32-30-37-23-22(25(46)38-30)35-15(11-34-23)10-33-14-3-1-13(2-4-14)24(45)36-18(28(49)50)8-6-16(42)5-7-17-26(47)40-19(9-21(43)44)27(48)41-20(29(51)52)12-53-31(40,41)39-17/h1-4,11,17-20,33,39H,5-10,12H2,(H,36,45)(H,43,44)(H,49,50)(H,51,52)(H3,32,34,37,38,46)/t17-,18+,19-,20?,31?/m0/s1. The van der Waals surface area contributed by atoms with Crippen LogP contribution in [0, 0.1) is 0 Å². The van der Waals surface area contributed by atoms with Crippen LogP contribution in [0.25, 0.3) is 11.2 Å². The Morgan fingerprint density at radius 1 is 1.02 bits per heavy atom. The average molecular weight is 753 g/mol. The van der Waals surface area contributed by atoms with Crippen molar-refractivity contribution in [3.8, 4) is 0 Å². The SMILES string of the molecule is Nc1nc2ncc(CNc3ccc(C(=O)N[C@H](CCC(=O)CC[C@@H]4NC56SCC(C(=O)O)N5C(=O)[C@H](CC(=O)O)N6C4=O)C(=O)O)cc3)nc2c(=O)[nH]1. The number of carboxylic acid groups (broad SMARTS) is 3. The number of hydrogen-bond acceptors (Lipinski definition) is 15. The van der Waals surface area contributed by atoms with Gasteiger partial charge >= 0.3 is 17.9 Å². The van der Waals surface area contributed by atoms with Gasteiger partial charge in [-0.15, -0.1) is 0 Å². The summed E-state index contributed by atoms with van der Waals surface area (Å²) in [6.07, 6.45) is -0.0929. The molecule has 22 heteroatoms. The smallest absolute Gasteiger partial charge is 0.327 e. The summed E-state index contributed by atoms with van der Waals surface area (Å²) < 4.78 is 0. The lowest BCUT2D eigenvalue weighted by Crippen LogP contribution is -2.57. The molecule has 2 aromatic heterocycles. The van der Waals surface area contributed by atoms with E-state index in [1.807, 2.05) is 0 Å². The van der Waals surface area contributed by atoms with Crippen LogP contribution in [0.3, 0.4) is 0 Å². The number of nitrogen functional groups attached to an aromatic ring is 1. The maximum absolute atomic E-state index is 13.4. The molecule has 3 aromatic rings. The predicted molar refractivity (Wildman–Crippen MR) is 182 cm³/mol. The number of ketones is 1. The molecule has 21 nitrogen and oxygen atoms in total. The van der Waals surface area contributed by atoms with Crippen LogP contribution in [0.15, 0.2) is 35.3 Å². The fourth-order valence-electron chi connectivity index (χ4n) is 6.41. The van der Waals surface area contributed by atoms with Crippen molar-refractivity contribution in [2.45, 2.75) is 67.9 Å². The van der Waals surface area contributed by atoms with Crippen molar-refractivity contribution < 1.29 is 48.9 Å². The maximum Gasteiger partial charge on any atom is 0.327 e. The Labute approximate surface area is 301 Å². The monoisotopic (exact) mass is 752 g/mol. The van der Waals surface area contributed by atoms with Crippen molar-refractivity contribution >= 4 is 76.0 Å². The summed E-state index contributed by atoms with van der Waals surface area (Å²) >= 11 is 0.979. The number of anilines is 2. The Kier molecular flexibility index (Phi) is 9.99. The summed E-state index contributed by atoms with van der Waals surface area (Å²) in [4.78, 5) is 116. The number of nitrogens with zero attached hydrogens (tertiary/aromatic N) is 5. The Morgan fingerprint density at radius 2 is 1.75 bits per heavy atom. The minimum Gasteiger partial charge on any atom is -0.481 e. The third kappa shape index (κ3) is 7.17. The molecule has 278 valence electrons. The van der Waals surface area contributed by atoms with Crippen LogP contribution in [-0.2, 0) is 35.3 Å². The molecular weight excluding hydrogens is 720 g/mol. The minimum atomic E-state index is -1.60. The molecule has 3 saturated heterocycles. The molecule has 5 heterocycles. The summed E-state index contributed by atoms with van der Waals surface area (Å²) in [5, 5.41) is 35.6. The largest absolute Gasteiger partial charge is 0.481 e. The maximum atomic E-state index is 13.4. The number of benzene rings is 1. The molecule has 6 rings (SSSR count). The van der Waals surface area contributed by atoms with Gasteiger partial charge in [0.2, 0.25) is 17.0 Å². The summed E-state index contributed by atoms with van der Waals surface area (Å²) in [5.41, 5.74) is 6.24. The summed E-state index contributed by atoms with van der Waals surface area (Å²) in [6, 6.07) is 0.886. The molecule has 0 saturated carbocycles. The first-order valence-electron chi connectivity index (χ1n) is 16.1. The summed E-state index contributed by atoms with van der Waals surface area (Å²) in [7, 11) is 0. The summed E-state index contributed by atoms with van der Waals surface area (Å²) in [5.74, 6) is -6.74. The third-order valence-corrected chi connectivity index (χ3v) is 10.3. The van der Waals surface area contributed by atoms with E-state index in [1.54, 1.807) is 12.1 Å². The van der Waals surface area contributed by atoms with Gasteiger partial charge < -0.3 is 31.7 Å². The topological polar surface area (TPSA) is 320 Å². The third-order valence-electron chi connectivity index (χ3n) is 8.93. The van der Waals surface area contributed by atoms with Crippen LogP contribution in [0.4, 0.5) is 11.6 Å². The molecule has 3 amide bonds. The van der Waals surface area contributed by atoms with E-state index >= 15 is 0 Å². The van der Waals surface area contributed by atoms with Crippen molar-refractivity contribution in [2.24, 2.45) is 0 Å². The Balaban J connectivity index is 1.00. The number of rotatable bonds is 15. The number of aliphatic carboxylic acids is 3. The van der Waals surface area contributed by atoms with E-state index in [-0.39, 0.29) is 60.7 Å². The fourth-order valence-corrected chi connectivity index (χ4v) is 8.03. The molecule has 5 atom stereocenters. The number of thioether (sulfide) groups is 1. The normalized spacial score (nSPS) is 22.4. The molecule has 2 unspecified atom stereocenters. The van der Waals surface area contributed by atoms with Gasteiger partial charge in [0.1, 0.15) is 23.9 Å². The van der Waals surface area contributed by atoms with Gasteiger partial charge in [-0.25, -0.2) is 19.6 Å². The van der Waals surface area contributed by atoms with Crippen LogP contribution in [-0.4, -0.2) is 122 Å². The Morgan fingerprint density at radius 3 is 2.43 bits per heavy atom. The number of carboxylic acids is 3. The average Bonchev–Trinajstić information content (AvgIpc) is 3.69. The molecule has 1 spiro atoms. The number of Topliss-reactive ketones (excluding diaryl/α,β-unsaturated/α-hetero) is 1. The number of aromatic nitrogens is 4. The van der Waals surface area contributed by atoms with Gasteiger partial charge in [-0.05, 0) is 37.1 Å². The van der Waals surface area contributed by atoms with Crippen LogP contribution in [0.2, 0.25) is 0 Å².